The molecule has 0 saturated heterocycles. The molecule has 27 heavy (non-hydrogen) atoms. The summed E-state index contributed by atoms with van der Waals surface area (Å²) < 4.78 is 37.6. The van der Waals surface area contributed by atoms with Crippen LogP contribution >= 0.6 is 0 Å². The monoisotopic (exact) mass is 400 g/mol. The lowest BCUT2D eigenvalue weighted by molar-refractivity contribution is 0.0940. The van der Waals surface area contributed by atoms with E-state index in [9.17, 15) is 13.2 Å². The van der Waals surface area contributed by atoms with E-state index in [2.05, 4.69) is 12.2 Å². The molecule has 1 aromatic carbocycles. The van der Waals surface area contributed by atoms with E-state index in [0.717, 1.165) is 19.4 Å². The predicted octanol–water partition coefficient (Wildman–Crippen LogP) is 2.66. The van der Waals surface area contributed by atoms with Crippen molar-refractivity contribution in [2.45, 2.75) is 44.9 Å². The van der Waals surface area contributed by atoms with E-state index in [1.54, 1.807) is 19.9 Å². The maximum atomic E-state index is 12.8. The van der Waals surface area contributed by atoms with Crippen LogP contribution in [0, 0.1) is 0 Å². The summed E-state index contributed by atoms with van der Waals surface area (Å²) in [6, 6.07) is 4.45. The highest BCUT2D eigenvalue weighted by molar-refractivity contribution is 7.89. The normalized spacial score (nSPS) is 11.6. The van der Waals surface area contributed by atoms with Crippen LogP contribution in [0.2, 0.25) is 0 Å². The van der Waals surface area contributed by atoms with Gasteiger partial charge < -0.3 is 14.8 Å². The molecule has 0 unspecified atom stereocenters. The molecule has 0 atom stereocenters. The molecule has 7 nitrogen and oxygen atoms in total. The number of carbonyl (C=O) groups excluding carboxylic acids is 1. The quantitative estimate of drug-likeness (QED) is 0.515. The van der Waals surface area contributed by atoms with Gasteiger partial charge in [0.05, 0.1) is 7.11 Å². The molecule has 1 amide bonds. The Balaban J connectivity index is 2.81. The number of rotatable bonds is 13. The Hall–Kier alpha value is -1.64. The smallest absolute Gasteiger partial charge is 0.251 e. The molecule has 0 fully saturated rings. The van der Waals surface area contributed by atoms with Gasteiger partial charge in [0.25, 0.3) is 5.91 Å². The summed E-state index contributed by atoms with van der Waals surface area (Å²) in [7, 11) is -2.32. The summed E-state index contributed by atoms with van der Waals surface area (Å²) in [6.45, 7) is 8.12. The third-order valence-corrected chi connectivity index (χ3v) is 6.21. The van der Waals surface area contributed by atoms with Gasteiger partial charge in [-0.1, -0.05) is 27.2 Å². The Kier molecular flexibility index (Phi) is 10.4. The first kappa shape index (κ1) is 23.4. The number of sulfonamides is 1. The molecular formula is C19H32N2O5S. The molecule has 1 rings (SSSR count). The first-order valence-corrected chi connectivity index (χ1v) is 10.9. The van der Waals surface area contributed by atoms with Crippen LogP contribution in [-0.4, -0.2) is 58.6 Å². The van der Waals surface area contributed by atoms with Gasteiger partial charge in [-0.15, -0.1) is 0 Å². The molecule has 0 bridgehead atoms. The zero-order chi connectivity index (χ0) is 20.3. The van der Waals surface area contributed by atoms with E-state index in [-0.39, 0.29) is 22.1 Å². The molecular weight excluding hydrogens is 368 g/mol. The lowest BCUT2D eigenvalue weighted by Crippen LogP contribution is -2.31. The Labute approximate surface area is 163 Å². The summed E-state index contributed by atoms with van der Waals surface area (Å²) in [6.07, 6.45) is 2.82. The van der Waals surface area contributed by atoms with E-state index in [1.165, 1.54) is 23.5 Å². The van der Waals surface area contributed by atoms with Crippen LogP contribution in [0.15, 0.2) is 23.1 Å². The van der Waals surface area contributed by atoms with Crippen LogP contribution in [0.4, 0.5) is 0 Å². The van der Waals surface area contributed by atoms with Gasteiger partial charge in [0.15, 0.2) is 0 Å². The number of methoxy groups -OCH3 is 1. The maximum Gasteiger partial charge on any atom is 0.251 e. The lowest BCUT2D eigenvalue weighted by atomic mass is 10.2. The Morgan fingerprint density at radius 3 is 2.37 bits per heavy atom. The van der Waals surface area contributed by atoms with Crippen molar-refractivity contribution in [3.05, 3.63) is 23.8 Å². The molecule has 0 aliphatic heterocycles. The molecule has 1 N–H and O–H groups in total. The van der Waals surface area contributed by atoms with Gasteiger partial charge in [0.2, 0.25) is 10.0 Å². The van der Waals surface area contributed by atoms with Crippen LogP contribution in [0.5, 0.6) is 5.75 Å². The SMILES string of the molecule is CCCCOCCCNC(=O)c1ccc(OC)c(S(=O)(=O)N(CC)CC)c1. The molecule has 0 radical (unpaired) electrons. The van der Waals surface area contributed by atoms with Crippen molar-refractivity contribution in [1.82, 2.24) is 9.62 Å². The highest BCUT2D eigenvalue weighted by Gasteiger charge is 2.26. The fourth-order valence-corrected chi connectivity index (χ4v) is 4.19. The Morgan fingerprint density at radius 2 is 1.78 bits per heavy atom. The van der Waals surface area contributed by atoms with Gasteiger partial charge in [-0.3, -0.25) is 4.79 Å². The third kappa shape index (κ3) is 6.79. The number of benzene rings is 1. The van der Waals surface area contributed by atoms with Crippen molar-refractivity contribution < 1.29 is 22.7 Å². The summed E-state index contributed by atoms with van der Waals surface area (Å²) in [5.41, 5.74) is 0.286. The van der Waals surface area contributed by atoms with Gasteiger partial charge in [0, 0.05) is 38.4 Å². The minimum absolute atomic E-state index is 0.00393. The number of carbonyl (C=O) groups is 1. The van der Waals surface area contributed by atoms with Gasteiger partial charge in [-0.2, -0.15) is 4.31 Å². The van der Waals surface area contributed by atoms with Gasteiger partial charge >= 0.3 is 0 Å². The number of unbranched alkanes of at least 4 members (excludes halogenated alkanes) is 1. The summed E-state index contributed by atoms with van der Waals surface area (Å²) in [5, 5.41) is 2.80. The number of amides is 1. The lowest BCUT2D eigenvalue weighted by Gasteiger charge is -2.20. The Bertz CT molecular complexity index is 687. The second kappa shape index (κ2) is 11.9. The maximum absolute atomic E-state index is 12.8. The van der Waals surface area contributed by atoms with Crippen molar-refractivity contribution in [3.63, 3.8) is 0 Å². The van der Waals surface area contributed by atoms with Crippen LogP contribution < -0.4 is 10.1 Å². The van der Waals surface area contributed by atoms with Gasteiger partial charge in [-0.25, -0.2) is 8.42 Å². The molecule has 0 heterocycles. The van der Waals surface area contributed by atoms with E-state index in [1.807, 2.05) is 0 Å². The molecule has 0 spiro atoms. The van der Waals surface area contributed by atoms with Crippen LogP contribution in [0.1, 0.15) is 50.4 Å². The predicted molar refractivity (Wildman–Crippen MR) is 106 cm³/mol. The number of ether oxygens (including phenoxy) is 2. The number of nitrogens with zero attached hydrogens (tertiary/aromatic N) is 1. The standard InChI is InChI=1S/C19H32N2O5S/c1-5-8-13-26-14-9-12-20-19(22)16-10-11-17(25-4)18(15-16)27(23,24)21(6-2)7-3/h10-11,15H,5-9,12-14H2,1-4H3,(H,20,22). The summed E-state index contributed by atoms with van der Waals surface area (Å²) >= 11 is 0. The number of hydrogen-bond donors (Lipinski definition) is 1. The average molecular weight is 401 g/mol. The Morgan fingerprint density at radius 1 is 1.11 bits per heavy atom. The van der Waals surface area contributed by atoms with E-state index in [4.69, 9.17) is 9.47 Å². The second-order valence-corrected chi connectivity index (χ2v) is 7.94. The number of nitrogens with one attached hydrogen (secondary N) is 1. The van der Waals surface area contributed by atoms with Gasteiger partial charge in [0.1, 0.15) is 10.6 Å². The van der Waals surface area contributed by atoms with Crippen molar-refractivity contribution in [2.75, 3.05) is 40.0 Å². The van der Waals surface area contributed by atoms with Gasteiger partial charge in [-0.05, 0) is 31.0 Å². The van der Waals surface area contributed by atoms with Crippen LogP contribution in [0.3, 0.4) is 0 Å². The minimum Gasteiger partial charge on any atom is -0.495 e. The molecule has 8 heteroatoms. The molecule has 1 aromatic rings. The van der Waals surface area contributed by atoms with E-state index >= 15 is 0 Å². The second-order valence-electron chi connectivity index (χ2n) is 6.03. The largest absolute Gasteiger partial charge is 0.495 e. The fourth-order valence-electron chi connectivity index (χ4n) is 2.55. The van der Waals surface area contributed by atoms with Crippen LogP contribution in [-0.2, 0) is 14.8 Å². The highest BCUT2D eigenvalue weighted by atomic mass is 32.2. The molecule has 0 aliphatic carbocycles. The molecule has 0 saturated carbocycles. The van der Waals surface area contributed by atoms with Crippen molar-refractivity contribution in [2.24, 2.45) is 0 Å². The summed E-state index contributed by atoms with van der Waals surface area (Å²) in [4.78, 5) is 12.4. The summed E-state index contributed by atoms with van der Waals surface area (Å²) in [5.74, 6) is -0.0926. The van der Waals surface area contributed by atoms with Crippen molar-refractivity contribution in [3.8, 4) is 5.75 Å². The third-order valence-electron chi connectivity index (χ3n) is 4.14. The first-order valence-electron chi connectivity index (χ1n) is 9.46. The topological polar surface area (TPSA) is 84.9 Å². The minimum atomic E-state index is -3.73. The first-order chi connectivity index (χ1) is 12.9. The van der Waals surface area contributed by atoms with Crippen LogP contribution in [0.25, 0.3) is 0 Å². The average Bonchev–Trinajstić information content (AvgIpc) is 2.67. The van der Waals surface area contributed by atoms with E-state index in [0.29, 0.717) is 32.7 Å². The van der Waals surface area contributed by atoms with Crippen molar-refractivity contribution >= 4 is 15.9 Å². The fraction of sp³-hybridized carbons (Fsp3) is 0.632. The zero-order valence-corrected chi connectivity index (χ0v) is 17.6. The highest BCUT2D eigenvalue weighted by Crippen LogP contribution is 2.27. The molecule has 154 valence electrons. The molecule has 0 aliphatic rings. The zero-order valence-electron chi connectivity index (χ0n) is 16.8. The molecule has 0 aromatic heterocycles. The number of hydrogen-bond acceptors (Lipinski definition) is 5. The van der Waals surface area contributed by atoms with E-state index < -0.39 is 10.0 Å². The van der Waals surface area contributed by atoms with Crippen molar-refractivity contribution in [1.29, 1.82) is 0 Å².